The van der Waals surface area contributed by atoms with Gasteiger partial charge in [0.2, 0.25) is 5.91 Å². The number of thioether (sulfide) groups is 1. The number of benzene rings is 2. The van der Waals surface area contributed by atoms with Crippen molar-refractivity contribution in [2.24, 2.45) is 0 Å². The molecule has 4 nitrogen and oxygen atoms in total. The summed E-state index contributed by atoms with van der Waals surface area (Å²) in [5.74, 6) is -1.91. The molecule has 118 valence electrons. The number of carbonyl (C=O) groups excluding carboxylic acids is 2. The van der Waals surface area contributed by atoms with E-state index >= 15 is 0 Å². The fourth-order valence-electron chi connectivity index (χ4n) is 2.14. The predicted octanol–water partition coefficient (Wildman–Crippen LogP) is 3.65. The molecule has 1 aliphatic heterocycles. The summed E-state index contributed by atoms with van der Waals surface area (Å²) in [6.45, 7) is 0. The minimum atomic E-state index is -1.03. The zero-order chi connectivity index (χ0) is 16.4. The topological polar surface area (TPSA) is 58.2 Å². The van der Waals surface area contributed by atoms with Gasteiger partial charge >= 0.3 is 0 Å². The summed E-state index contributed by atoms with van der Waals surface area (Å²) in [7, 11) is 0. The molecule has 2 aromatic carbocycles. The monoisotopic (exact) mass is 334 g/mol. The van der Waals surface area contributed by atoms with E-state index in [0.717, 1.165) is 17.0 Å². The van der Waals surface area contributed by atoms with Gasteiger partial charge in [0.05, 0.1) is 5.69 Å². The van der Waals surface area contributed by atoms with Gasteiger partial charge in [-0.15, -0.1) is 11.8 Å². The van der Waals surface area contributed by atoms with Gasteiger partial charge in [0, 0.05) is 34.4 Å². The van der Waals surface area contributed by atoms with Gasteiger partial charge in [0.15, 0.2) is 11.6 Å². The molecule has 23 heavy (non-hydrogen) atoms. The second-order valence-electron chi connectivity index (χ2n) is 4.94. The molecule has 2 amide bonds. The summed E-state index contributed by atoms with van der Waals surface area (Å²) in [6.07, 6.45) is 0.412. The van der Waals surface area contributed by atoms with Gasteiger partial charge in [-0.05, 0) is 30.3 Å². The Morgan fingerprint density at radius 2 is 1.96 bits per heavy atom. The molecular formula is C16H12F2N2O2S. The normalized spacial score (nSPS) is 13.7. The molecule has 1 aliphatic rings. The Hall–Kier alpha value is -2.41. The van der Waals surface area contributed by atoms with Gasteiger partial charge in [0.1, 0.15) is 0 Å². The first-order valence-electron chi connectivity index (χ1n) is 6.86. The van der Waals surface area contributed by atoms with E-state index < -0.39 is 17.5 Å². The average Bonchev–Trinajstić information content (AvgIpc) is 2.70. The number of fused-ring (bicyclic) bond motifs is 1. The van der Waals surface area contributed by atoms with Gasteiger partial charge < -0.3 is 10.6 Å². The van der Waals surface area contributed by atoms with Crippen LogP contribution in [-0.4, -0.2) is 17.6 Å². The Morgan fingerprint density at radius 1 is 1.13 bits per heavy atom. The molecule has 0 fully saturated rings. The van der Waals surface area contributed by atoms with Crippen molar-refractivity contribution in [1.29, 1.82) is 0 Å². The SMILES string of the molecule is O=C1CCSc2ccc(C(=O)Nc3ccc(F)c(F)c3)cc2N1. The number of amides is 2. The first-order valence-corrected chi connectivity index (χ1v) is 7.84. The third kappa shape index (κ3) is 3.50. The molecule has 0 radical (unpaired) electrons. The zero-order valence-electron chi connectivity index (χ0n) is 11.9. The van der Waals surface area contributed by atoms with E-state index in [-0.39, 0.29) is 11.6 Å². The molecular weight excluding hydrogens is 322 g/mol. The van der Waals surface area contributed by atoms with Crippen LogP contribution in [0, 0.1) is 11.6 Å². The molecule has 0 bridgehead atoms. The number of anilines is 2. The summed E-state index contributed by atoms with van der Waals surface area (Å²) < 4.78 is 26.1. The smallest absolute Gasteiger partial charge is 0.255 e. The number of hydrogen-bond acceptors (Lipinski definition) is 3. The lowest BCUT2D eigenvalue weighted by molar-refractivity contribution is -0.115. The van der Waals surface area contributed by atoms with Crippen LogP contribution in [0.3, 0.4) is 0 Å². The fraction of sp³-hybridized carbons (Fsp3) is 0.125. The van der Waals surface area contributed by atoms with Gasteiger partial charge in [0.25, 0.3) is 5.91 Å². The van der Waals surface area contributed by atoms with Crippen LogP contribution in [0.1, 0.15) is 16.8 Å². The van der Waals surface area contributed by atoms with Crippen LogP contribution in [-0.2, 0) is 4.79 Å². The Bertz CT molecular complexity index is 796. The first-order chi connectivity index (χ1) is 11.0. The zero-order valence-corrected chi connectivity index (χ0v) is 12.7. The maximum absolute atomic E-state index is 13.2. The molecule has 2 N–H and O–H groups in total. The lowest BCUT2D eigenvalue weighted by atomic mass is 10.1. The molecule has 0 saturated heterocycles. The molecule has 1 heterocycles. The summed E-state index contributed by atoms with van der Waals surface area (Å²) in [5.41, 5.74) is 1.05. The average molecular weight is 334 g/mol. The first kappa shape index (κ1) is 15.5. The molecule has 2 aromatic rings. The largest absolute Gasteiger partial charge is 0.325 e. The highest BCUT2D eigenvalue weighted by molar-refractivity contribution is 7.99. The molecule has 7 heteroatoms. The number of halogens is 2. The fourth-order valence-corrected chi connectivity index (χ4v) is 3.08. The van der Waals surface area contributed by atoms with E-state index in [4.69, 9.17) is 0 Å². The van der Waals surface area contributed by atoms with Gasteiger partial charge in [-0.1, -0.05) is 0 Å². The second-order valence-corrected chi connectivity index (χ2v) is 6.08. The quantitative estimate of drug-likeness (QED) is 0.881. The van der Waals surface area contributed by atoms with Crippen molar-refractivity contribution in [3.05, 3.63) is 53.6 Å². The Morgan fingerprint density at radius 3 is 2.74 bits per heavy atom. The number of rotatable bonds is 2. The van der Waals surface area contributed by atoms with Gasteiger partial charge in [-0.3, -0.25) is 9.59 Å². The predicted molar refractivity (Wildman–Crippen MR) is 84.7 cm³/mol. The van der Waals surface area contributed by atoms with E-state index in [9.17, 15) is 18.4 Å². The third-order valence-corrected chi connectivity index (χ3v) is 4.36. The molecule has 0 unspecified atom stereocenters. The Labute approximate surface area is 135 Å². The summed E-state index contributed by atoms with van der Waals surface area (Å²) in [6, 6.07) is 8.08. The lowest BCUT2D eigenvalue weighted by Crippen LogP contribution is -2.14. The minimum Gasteiger partial charge on any atom is -0.325 e. The van der Waals surface area contributed by atoms with Crippen molar-refractivity contribution >= 4 is 35.0 Å². The van der Waals surface area contributed by atoms with Gasteiger partial charge in [-0.2, -0.15) is 0 Å². The van der Waals surface area contributed by atoms with Crippen LogP contribution in [0.4, 0.5) is 20.2 Å². The van der Waals surface area contributed by atoms with Crippen molar-refractivity contribution in [2.45, 2.75) is 11.3 Å². The Balaban J connectivity index is 1.82. The van der Waals surface area contributed by atoms with E-state index in [2.05, 4.69) is 10.6 Å². The van der Waals surface area contributed by atoms with Crippen LogP contribution < -0.4 is 10.6 Å². The number of hydrogen-bond donors (Lipinski definition) is 2. The third-order valence-electron chi connectivity index (χ3n) is 3.28. The highest BCUT2D eigenvalue weighted by atomic mass is 32.2. The highest BCUT2D eigenvalue weighted by Crippen LogP contribution is 2.31. The maximum atomic E-state index is 13.2. The van der Waals surface area contributed by atoms with Crippen LogP contribution >= 0.6 is 11.8 Å². The van der Waals surface area contributed by atoms with Crippen LogP contribution in [0.25, 0.3) is 0 Å². The van der Waals surface area contributed by atoms with E-state index in [1.54, 1.807) is 18.2 Å². The molecule has 0 spiro atoms. The molecule has 0 aromatic heterocycles. The molecule has 3 rings (SSSR count). The van der Waals surface area contributed by atoms with Crippen LogP contribution in [0.2, 0.25) is 0 Å². The summed E-state index contributed by atoms with van der Waals surface area (Å²) >= 11 is 1.53. The van der Waals surface area contributed by atoms with Crippen molar-refractivity contribution in [1.82, 2.24) is 0 Å². The summed E-state index contributed by atoms with van der Waals surface area (Å²) in [4.78, 5) is 24.7. The standard InChI is InChI=1S/C16H12F2N2O2S/c17-11-3-2-10(8-12(11)18)19-16(22)9-1-4-14-13(7-9)20-15(21)5-6-23-14/h1-4,7-8H,5-6H2,(H,19,22)(H,20,21). The molecule has 0 atom stereocenters. The van der Waals surface area contributed by atoms with Crippen molar-refractivity contribution in [3.8, 4) is 0 Å². The van der Waals surface area contributed by atoms with Crippen molar-refractivity contribution in [2.75, 3.05) is 16.4 Å². The van der Waals surface area contributed by atoms with Crippen molar-refractivity contribution < 1.29 is 18.4 Å². The minimum absolute atomic E-state index is 0.102. The van der Waals surface area contributed by atoms with E-state index in [0.29, 0.717) is 23.4 Å². The summed E-state index contributed by atoms with van der Waals surface area (Å²) in [5, 5.41) is 5.24. The van der Waals surface area contributed by atoms with Gasteiger partial charge in [-0.25, -0.2) is 8.78 Å². The van der Waals surface area contributed by atoms with Crippen LogP contribution in [0.5, 0.6) is 0 Å². The second kappa shape index (κ2) is 6.37. The number of nitrogens with one attached hydrogen (secondary N) is 2. The molecule has 0 aliphatic carbocycles. The van der Waals surface area contributed by atoms with Crippen molar-refractivity contribution in [3.63, 3.8) is 0 Å². The van der Waals surface area contributed by atoms with Crippen LogP contribution in [0.15, 0.2) is 41.3 Å². The van der Waals surface area contributed by atoms with E-state index in [1.165, 1.54) is 17.8 Å². The molecule has 0 saturated carbocycles. The maximum Gasteiger partial charge on any atom is 0.255 e. The Kier molecular flexibility index (Phi) is 4.29. The number of carbonyl (C=O) groups is 2. The lowest BCUT2D eigenvalue weighted by Gasteiger charge is -2.10. The highest BCUT2D eigenvalue weighted by Gasteiger charge is 2.16. The van der Waals surface area contributed by atoms with E-state index in [1.807, 2.05) is 0 Å².